The first kappa shape index (κ1) is 14.6. The van der Waals surface area contributed by atoms with E-state index in [0.717, 1.165) is 16.8 Å². The third-order valence-electron chi connectivity index (χ3n) is 2.74. The molecule has 0 aliphatic carbocycles. The Bertz CT molecular complexity index is 596. The molecule has 0 aliphatic heterocycles. The van der Waals surface area contributed by atoms with Gasteiger partial charge in [-0.1, -0.05) is 0 Å². The summed E-state index contributed by atoms with van der Waals surface area (Å²) in [6, 6.07) is 6.21. The molecule has 0 spiro atoms. The van der Waals surface area contributed by atoms with Gasteiger partial charge in [0, 0.05) is 35.9 Å². The van der Waals surface area contributed by atoms with E-state index in [1.807, 2.05) is 13.2 Å². The van der Waals surface area contributed by atoms with Crippen LogP contribution in [0.15, 0.2) is 30.5 Å². The van der Waals surface area contributed by atoms with Gasteiger partial charge in [0.1, 0.15) is 5.82 Å². The number of carboxylic acid groups (broad SMARTS) is 1. The van der Waals surface area contributed by atoms with Crippen molar-refractivity contribution < 1.29 is 14.3 Å². The van der Waals surface area contributed by atoms with Crippen LogP contribution in [-0.4, -0.2) is 26.6 Å². The molecule has 0 bridgehead atoms. The van der Waals surface area contributed by atoms with Crippen LogP contribution in [0.1, 0.15) is 12.0 Å². The number of aromatic nitrogens is 2. The summed E-state index contributed by atoms with van der Waals surface area (Å²) < 4.78 is 14.7. The molecular formula is C14H15FN2O2S. The molecule has 2 aromatic rings. The molecule has 0 saturated heterocycles. The van der Waals surface area contributed by atoms with Crippen LogP contribution < -0.4 is 0 Å². The molecule has 0 amide bonds. The average Bonchev–Trinajstić information content (AvgIpc) is 2.76. The van der Waals surface area contributed by atoms with Crippen molar-refractivity contribution in [3.05, 3.63) is 41.8 Å². The Morgan fingerprint density at radius 1 is 1.40 bits per heavy atom. The number of rotatable bonds is 6. The van der Waals surface area contributed by atoms with Crippen molar-refractivity contribution in [2.45, 2.75) is 12.2 Å². The fraction of sp³-hybridized carbons (Fsp3) is 0.286. The Hall–Kier alpha value is -1.82. The number of hydrogen-bond donors (Lipinski definition) is 1. The zero-order valence-electron chi connectivity index (χ0n) is 11.0. The molecular weight excluding hydrogens is 279 g/mol. The van der Waals surface area contributed by atoms with Crippen molar-refractivity contribution in [2.75, 3.05) is 5.75 Å². The molecule has 0 atom stereocenters. The first-order valence-electron chi connectivity index (χ1n) is 6.14. The van der Waals surface area contributed by atoms with Gasteiger partial charge in [-0.25, -0.2) is 4.39 Å². The lowest BCUT2D eigenvalue weighted by atomic mass is 10.1. The minimum atomic E-state index is -0.789. The van der Waals surface area contributed by atoms with E-state index in [0.29, 0.717) is 11.5 Å². The number of benzene rings is 1. The van der Waals surface area contributed by atoms with Crippen molar-refractivity contribution in [2.24, 2.45) is 7.05 Å². The van der Waals surface area contributed by atoms with E-state index in [-0.39, 0.29) is 12.2 Å². The van der Waals surface area contributed by atoms with E-state index in [2.05, 4.69) is 5.10 Å². The van der Waals surface area contributed by atoms with E-state index in [4.69, 9.17) is 5.11 Å². The van der Waals surface area contributed by atoms with Crippen molar-refractivity contribution in [1.82, 2.24) is 9.78 Å². The van der Waals surface area contributed by atoms with Crippen LogP contribution >= 0.6 is 11.8 Å². The first-order chi connectivity index (χ1) is 9.56. The molecule has 0 radical (unpaired) electrons. The molecule has 1 aromatic heterocycles. The molecule has 0 fully saturated rings. The van der Waals surface area contributed by atoms with E-state index in [1.54, 1.807) is 28.6 Å². The summed E-state index contributed by atoms with van der Waals surface area (Å²) in [5.41, 5.74) is 2.70. The molecule has 1 aromatic carbocycles. The quantitative estimate of drug-likeness (QED) is 0.832. The molecule has 6 heteroatoms. The lowest BCUT2D eigenvalue weighted by molar-refractivity contribution is -0.136. The molecule has 4 nitrogen and oxygen atoms in total. The van der Waals surface area contributed by atoms with Gasteiger partial charge in [0.05, 0.1) is 12.1 Å². The third kappa shape index (κ3) is 3.84. The number of aliphatic carboxylic acids is 1. The van der Waals surface area contributed by atoms with Crippen molar-refractivity contribution in [3.63, 3.8) is 0 Å². The van der Waals surface area contributed by atoms with E-state index < -0.39 is 5.97 Å². The van der Waals surface area contributed by atoms with Crippen molar-refractivity contribution in [3.8, 4) is 11.3 Å². The summed E-state index contributed by atoms with van der Waals surface area (Å²) in [4.78, 5) is 10.5. The van der Waals surface area contributed by atoms with Gasteiger partial charge in [0.15, 0.2) is 0 Å². The number of nitrogens with zero attached hydrogens (tertiary/aromatic N) is 2. The van der Waals surface area contributed by atoms with Crippen LogP contribution in [0.3, 0.4) is 0 Å². The standard InChI is InChI=1S/C14H15FN2O2S/c1-17-8-11(9-20-7-6-13(18)19)14(16-17)10-2-4-12(15)5-3-10/h2-5,8H,6-7,9H2,1H3,(H,18,19). The summed E-state index contributed by atoms with van der Waals surface area (Å²) in [6.07, 6.45) is 2.06. The summed E-state index contributed by atoms with van der Waals surface area (Å²) in [6.45, 7) is 0. The highest BCUT2D eigenvalue weighted by atomic mass is 32.2. The highest BCUT2D eigenvalue weighted by molar-refractivity contribution is 7.98. The molecule has 2 rings (SSSR count). The number of aryl methyl sites for hydroxylation is 1. The fourth-order valence-corrected chi connectivity index (χ4v) is 2.73. The maximum atomic E-state index is 12.9. The van der Waals surface area contributed by atoms with Crippen molar-refractivity contribution in [1.29, 1.82) is 0 Å². The maximum Gasteiger partial charge on any atom is 0.304 e. The van der Waals surface area contributed by atoms with Crippen LogP contribution in [0.4, 0.5) is 4.39 Å². The normalized spacial score (nSPS) is 10.7. The number of halogens is 1. The SMILES string of the molecule is Cn1cc(CSCCC(=O)O)c(-c2ccc(F)cc2)n1. The molecule has 106 valence electrons. The second-order valence-corrected chi connectivity index (χ2v) is 5.49. The zero-order chi connectivity index (χ0) is 14.5. The van der Waals surface area contributed by atoms with Crippen LogP contribution in [0.2, 0.25) is 0 Å². The average molecular weight is 294 g/mol. The molecule has 1 N–H and O–H groups in total. The van der Waals surface area contributed by atoms with Crippen LogP contribution in [0.25, 0.3) is 11.3 Å². The highest BCUT2D eigenvalue weighted by Crippen LogP contribution is 2.25. The topological polar surface area (TPSA) is 55.1 Å². The van der Waals surface area contributed by atoms with Crippen molar-refractivity contribution >= 4 is 17.7 Å². The number of thioether (sulfide) groups is 1. The van der Waals surface area contributed by atoms with Crippen LogP contribution in [-0.2, 0) is 17.6 Å². The van der Waals surface area contributed by atoms with Gasteiger partial charge in [0.25, 0.3) is 0 Å². The zero-order valence-corrected chi connectivity index (χ0v) is 11.9. The van der Waals surface area contributed by atoms with E-state index >= 15 is 0 Å². The lowest BCUT2D eigenvalue weighted by Crippen LogP contribution is -1.96. The molecule has 0 aliphatic rings. The lowest BCUT2D eigenvalue weighted by Gasteiger charge is -2.02. The minimum absolute atomic E-state index is 0.150. The Labute approximate surface area is 120 Å². The summed E-state index contributed by atoms with van der Waals surface area (Å²) >= 11 is 1.55. The van der Waals surface area contributed by atoms with Gasteiger partial charge in [-0.3, -0.25) is 9.48 Å². The van der Waals surface area contributed by atoms with E-state index in [9.17, 15) is 9.18 Å². The van der Waals surface area contributed by atoms with Gasteiger partial charge in [-0.05, 0) is 24.3 Å². The maximum absolute atomic E-state index is 12.9. The van der Waals surface area contributed by atoms with Gasteiger partial charge < -0.3 is 5.11 Å². The van der Waals surface area contributed by atoms with Gasteiger partial charge in [0.2, 0.25) is 0 Å². The Morgan fingerprint density at radius 2 is 2.10 bits per heavy atom. The Balaban J connectivity index is 2.09. The Kier molecular flexibility index (Phi) is 4.79. The fourth-order valence-electron chi connectivity index (χ4n) is 1.84. The van der Waals surface area contributed by atoms with Crippen LogP contribution in [0.5, 0.6) is 0 Å². The van der Waals surface area contributed by atoms with Gasteiger partial charge in [-0.15, -0.1) is 0 Å². The largest absolute Gasteiger partial charge is 0.481 e. The first-order valence-corrected chi connectivity index (χ1v) is 7.29. The monoisotopic (exact) mass is 294 g/mol. The third-order valence-corrected chi connectivity index (χ3v) is 3.75. The molecule has 0 unspecified atom stereocenters. The predicted molar refractivity (Wildman–Crippen MR) is 77.0 cm³/mol. The second-order valence-electron chi connectivity index (χ2n) is 4.38. The summed E-state index contributed by atoms with van der Waals surface area (Å²) in [5.74, 6) is 0.186. The summed E-state index contributed by atoms with van der Waals surface area (Å²) in [7, 11) is 1.83. The number of hydrogen-bond acceptors (Lipinski definition) is 3. The predicted octanol–water partition coefficient (Wildman–Crippen LogP) is 2.93. The van der Waals surface area contributed by atoms with Gasteiger partial charge >= 0.3 is 5.97 Å². The summed E-state index contributed by atoms with van der Waals surface area (Å²) in [5, 5.41) is 13.0. The highest BCUT2D eigenvalue weighted by Gasteiger charge is 2.10. The minimum Gasteiger partial charge on any atom is -0.481 e. The second kappa shape index (κ2) is 6.56. The van der Waals surface area contributed by atoms with Gasteiger partial charge in [-0.2, -0.15) is 16.9 Å². The van der Waals surface area contributed by atoms with Crippen LogP contribution in [0, 0.1) is 5.82 Å². The smallest absolute Gasteiger partial charge is 0.304 e. The number of carbonyl (C=O) groups is 1. The molecule has 20 heavy (non-hydrogen) atoms. The molecule has 0 saturated carbocycles. The number of carboxylic acids is 1. The molecule has 1 heterocycles. The Morgan fingerprint density at radius 3 is 2.75 bits per heavy atom. The van der Waals surface area contributed by atoms with E-state index in [1.165, 1.54) is 12.1 Å².